The first kappa shape index (κ1) is 17.0. The minimum absolute atomic E-state index is 0.193. The number of hydrogen-bond acceptors (Lipinski definition) is 5. The second kappa shape index (κ2) is 5.91. The van der Waals surface area contributed by atoms with Gasteiger partial charge in [0, 0.05) is 10.9 Å². The smallest absolute Gasteiger partial charge is 0.248 e. The summed E-state index contributed by atoms with van der Waals surface area (Å²) in [5.74, 6) is 1.39. The van der Waals surface area contributed by atoms with E-state index >= 15 is 0 Å². The highest BCUT2D eigenvalue weighted by Crippen LogP contribution is 2.57. The number of benzene rings is 2. The third-order valence-corrected chi connectivity index (χ3v) is 8.28. The zero-order valence-corrected chi connectivity index (χ0v) is 15.9. The van der Waals surface area contributed by atoms with E-state index in [9.17, 15) is 8.42 Å². The third-order valence-electron chi connectivity index (χ3n) is 5.52. The molecule has 1 heterocycles. The molecule has 0 spiro atoms. The second-order valence-corrected chi connectivity index (χ2v) is 9.96. The van der Waals surface area contributed by atoms with Crippen molar-refractivity contribution in [1.29, 1.82) is 0 Å². The van der Waals surface area contributed by atoms with Crippen molar-refractivity contribution in [3.05, 3.63) is 76.9 Å². The lowest BCUT2D eigenvalue weighted by molar-refractivity contribution is 0.363. The first-order valence-corrected chi connectivity index (χ1v) is 10.8. The Morgan fingerprint density at radius 2 is 1.70 bits per heavy atom. The normalized spacial score (nSPS) is 23.1. The van der Waals surface area contributed by atoms with Gasteiger partial charge in [0.05, 0.1) is 4.90 Å². The van der Waals surface area contributed by atoms with Crippen LogP contribution >= 0.6 is 11.6 Å². The summed E-state index contributed by atoms with van der Waals surface area (Å²) in [5, 5.41) is 4.61. The summed E-state index contributed by atoms with van der Waals surface area (Å²) >= 11 is 5.88. The van der Waals surface area contributed by atoms with Crippen molar-refractivity contribution < 1.29 is 12.9 Å². The van der Waals surface area contributed by atoms with Crippen LogP contribution in [-0.2, 0) is 14.6 Å². The topological polar surface area (TPSA) is 73.1 Å². The number of nitrogens with zero attached hydrogens (tertiary/aromatic N) is 2. The molecule has 0 radical (unpaired) electrons. The van der Waals surface area contributed by atoms with Gasteiger partial charge in [-0.15, -0.1) is 0 Å². The number of rotatable bonds is 5. The number of hydrogen-bond donors (Lipinski definition) is 0. The van der Waals surface area contributed by atoms with Gasteiger partial charge in [-0.2, -0.15) is 4.98 Å². The van der Waals surface area contributed by atoms with E-state index in [0.717, 1.165) is 6.42 Å². The summed E-state index contributed by atoms with van der Waals surface area (Å²) in [6, 6.07) is 16.4. The Balaban J connectivity index is 1.42. The average molecular weight is 401 g/mol. The lowest BCUT2D eigenvalue weighted by Gasteiger charge is -2.12. The summed E-state index contributed by atoms with van der Waals surface area (Å²) in [7, 11) is -3.61. The molecular weight excluding hydrogens is 384 g/mol. The Morgan fingerprint density at radius 1 is 1.00 bits per heavy atom. The zero-order valence-electron chi connectivity index (χ0n) is 14.4. The molecule has 2 aromatic carbocycles. The Kier molecular flexibility index (Phi) is 3.71. The van der Waals surface area contributed by atoms with Crippen LogP contribution in [0.1, 0.15) is 48.4 Å². The molecule has 1 aromatic heterocycles. The van der Waals surface area contributed by atoms with Crippen LogP contribution in [0, 0.1) is 0 Å². The van der Waals surface area contributed by atoms with Crippen LogP contribution in [0.3, 0.4) is 0 Å². The third kappa shape index (κ3) is 2.70. The van der Waals surface area contributed by atoms with E-state index in [2.05, 4.69) is 22.3 Å². The summed E-state index contributed by atoms with van der Waals surface area (Å²) in [4.78, 5) is 4.74. The minimum Gasteiger partial charge on any atom is -0.338 e. The number of sulfone groups is 1. The van der Waals surface area contributed by atoms with Crippen LogP contribution in [0.25, 0.3) is 0 Å². The molecule has 5 rings (SSSR count). The van der Waals surface area contributed by atoms with Gasteiger partial charge in [0.2, 0.25) is 5.89 Å². The molecule has 7 heteroatoms. The Bertz CT molecular complexity index is 1090. The van der Waals surface area contributed by atoms with E-state index < -0.39 is 14.6 Å². The predicted octanol–water partition coefficient (Wildman–Crippen LogP) is 4.46. The quantitative estimate of drug-likeness (QED) is 0.632. The molecule has 138 valence electrons. The molecule has 2 aliphatic carbocycles. The summed E-state index contributed by atoms with van der Waals surface area (Å²) in [5.41, 5.74) is 1.25. The van der Waals surface area contributed by atoms with Gasteiger partial charge in [-0.05, 0) is 55.0 Å². The molecule has 2 fully saturated rings. The fraction of sp³-hybridized carbons (Fsp3) is 0.300. The molecular formula is C20H17ClN2O3S. The fourth-order valence-electron chi connectivity index (χ4n) is 3.67. The van der Waals surface area contributed by atoms with Crippen LogP contribution in [0.2, 0.25) is 5.02 Å². The molecule has 0 unspecified atom stereocenters. The number of aromatic nitrogens is 2. The van der Waals surface area contributed by atoms with E-state index in [1.165, 1.54) is 17.7 Å². The maximum absolute atomic E-state index is 13.1. The van der Waals surface area contributed by atoms with Crippen LogP contribution in [0.4, 0.5) is 0 Å². The van der Waals surface area contributed by atoms with Crippen molar-refractivity contribution in [2.75, 3.05) is 0 Å². The molecule has 0 saturated heterocycles. The molecule has 2 atom stereocenters. The molecule has 5 nitrogen and oxygen atoms in total. The summed E-state index contributed by atoms with van der Waals surface area (Å²) in [6.07, 6.45) is 1.94. The first-order chi connectivity index (χ1) is 13.0. The van der Waals surface area contributed by atoms with Crippen molar-refractivity contribution in [2.45, 2.75) is 40.7 Å². The zero-order chi connectivity index (χ0) is 18.6. The van der Waals surface area contributed by atoms with Crippen LogP contribution in [0.5, 0.6) is 0 Å². The fourth-order valence-corrected chi connectivity index (χ4v) is 5.69. The van der Waals surface area contributed by atoms with Gasteiger partial charge in [-0.1, -0.05) is 47.1 Å². The van der Waals surface area contributed by atoms with Crippen LogP contribution in [-0.4, -0.2) is 18.6 Å². The highest BCUT2D eigenvalue weighted by Gasteiger charge is 2.61. The van der Waals surface area contributed by atoms with Gasteiger partial charge in [0.25, 0.3) is 0 Å². The van der Waals surface area contributed by atoms with Crippen LogP contribution in [0.15, 0.2) is 64.0 Å². The molecule has 2 aliphatic rings. The van der Waals surface area contributed by atoms with Gasteiger partial charge in [-0.3, -0.25) is 0 Å². The van der Waals surface area contributed by atoms with E-state index in [-0.39, 0.29) is 16.7 Å². The van der Waals surface area contributed by atoms with E-state index in [1.807, 2.05) is 18.2 Å². The Morgan fingerprint density at radius 3 is 2.37 bits per heavy atom. The predicted molar refractivity (Wildman–Crippen MR) is 100 cm³/mol. The van der Waals surface area contributed by atoms with Gasteiger partial charge < -0.3 is 4.52 Å². The average Bonchev–Trinajstić information content (AvgIpc) is 3.61. The Labute approximate surface area is 162 Å². The summed E-state index contributed by atoms with van der Waals surface area (Å²) in [6.45, 7) is 0. The highest BCUT2D eigenvalue weighted by atomic mass is 35.5. The molecule has 2 saturated carbocycles. The van der Waals surface area contributed by atoms with Crippen molar-refractivity contribution in [3.8, 4) is 0 Å². The van der Waals surface area contributed by atoms with Gasteiger partial charge >= 0.3 is 0 Å². The molecule has 0 aliphatic heterocycles. The maximum Gasteiger partial charge on any atom is 0.248 e. The van der Waals surface area contributed by atoms with E-state index in [1.54, 1.807) is 12.1 Å². The van der Waals surface area contributed by atoms with E-state index in [0.29, 0.717) is 29.6 Å². The van der Waals surface area contributed by atoms with E-state index in [4.69, 9.17) is 16.1 Å². The number of halogens is 1. The highest BCUT2D eigenvalue weighted by molar-refractivity contribution is 7.92. The Hall–Kier alpha value is -2.18. The lowest BCUT2D eigenvalue weighted by atomic mass is 10.1. The summed E-state index contributed by atoms with van der Waals surface area (Å²) < 4.78 is 30.6. The van der Waals surface area contributed by atoms with Gasteiger partial charge in [0.15, 0.2) is 20.4 Å². The van der Waals surface area contributed by atoms with Crippen molar-refractivity contribution in [2.24, 2.45) is 0 Å². The molecule has 0 bridgehead atoms. The van der Waals surface area contributed by atoms with Gasteiger partial charge in [0.1, 0.15) is 0 Å². The largest absolute Gasteiger partial charge is 0.338 e. The molecule has 3 aromatic rings. The molecule has 0 amide bonds. The maximum atomic E-state index is 13.1. The second-order valence-electron chi connectivity index (χ2n) is 7.27. The van der Waals surface area contributed by atoms with Crippen molar-refractivity contribution in [3.63, 3.8) is 0 Å². The molecule has 0 N–H and O–H groups in total. The lowest BCUT2D eigenvalue weighted by Crippen LogP contribution is -2.21. The first-order valence-electron chi connectivity index (χ1n) is 8.90. The van der Waals surface area contributed by atoms with Crippen molar-refractivity contribution in [1.82, 2.24) is 10.1 Å². The van der Waals surface area contributed by atoms with Crippen molar-refractivity contribution >= 4 is 21.4 Å². The standard InChI is InChI=1S/C20H17ClN2O3S/c21-14-6-8-15(9-7-14)27(24,25)20(10-11-20)19-22-18(23-26-19)17-12-16(17)13-4-2-1-3-5-13/h1-9,16-17H,10-12H2/t16-,17+/m0/s1. The SMILES string of the molecule is O=S(=O)(c1ccc(Cl)cc1)C1(c2nc([C@@H]3C[C@H]3c3ccccc3)no2)CC1. The monoisotopic (exact) mass is 400 g/mol. The van der Waals surface area contributed by atoms with Crippen LogP contribution < -0.4 is 0 Å². The van der Waals surface area contributed by atoms with Gasteiger partial charge in [-0.25, -0.2) is 8.42 Å². The molecule has 27 heavy (non-hydrogen) atoms. The minimum atomic E-state index is -3.61.